The van der Waals surface area contributed by atoms with Crippen LogP contribution in [0.5, 0.6) is 5.88 Å². The summed E-state index contributed by atoms with van der Waals surface area (Å²) in [5, 5.41) is 7.97. The number of nitrogens with zero attached hydrogens (tertiary/aromatic N) is 5. The predicted octanol–water partition coefficient (Wildman–Crippen LogP) is 4.10. The van der Waals surface area contributed by atoms with Crippen LogP contribution in [0.3, 0.4) is 0 Å². The van der Waals surface area contributed by atoms with E-state index in [0.717, 1.165) is 65.1 Å². The van der Waals surface area contributed by atoms with E-state index in [1.165, 1.54) is 15.8 Å². The van der Waals surface area contributed by atoms with Crippen LogP contribution in [0.25, 0.3) is 10.1 Å². The van der Waals surface area contributed by atoms with Crippen LogP contribution in [0.1, 0.15) is 36.7 Å². The first-order valence-corrected chi connectivity index (χ1v) is 13.4. The van der Waals surface area contributed by atoms with Crippen molar-refractivity contribution in [3.8, 4) is 5.88 Å². The van der Waals surface area contributed by atoms with Crippen LogP contribution in [-0.4, -0.2) is 77.9 Å². The lowest BCUT2D eigenvalue weighted by atomic mass is 9.99. The molecule has 7 nitrogen and oxygen atoms in total. The molecule has 0 radical (unpaired) electrons. The quantitative estimate of drug-likeness (QED) is 0.476. The number of carbonyl (C=O) groups is 1. The summed E-state index contributed by atoms with van der Waals surface area (Å²) >= 11 is 1.81. The molecule has 34 heavy (non-hydrogen) atoms. The molecule has 2 aliphatic rings. The first-order valence-electron chi connectivity index (χ1n) is 12.5. The van der Waals surface area contributed by atoms with Crippen LogP contribution in [0, 0.1) is 5.92 Å². The second-order valence-corrected chi connectivity index (χ2v) is 10.6. The van der Waals surface area contributed by atoms with Crippen LogP contribution < -0.4 is 9.64 Å². The number of thiophene rings is 1. The Hall–Kier alpha value is -2.58. The number of benzene rings is 1. The van der Waals surface area contributed by atoms with Crippen LogP contribution in [0.4, 0.5) is 5.69 Å². The number of piperidine rings is 1. The molecule has 0 saturated carbocycles. The van der Waals surface area contributed by atoms with Gasteiger partial charge in [-0.05, 0) is 48.8 Å². The number of rotatable bonds is 7. The van der Waals surface area contributed by atoms with Gasteiger partial charge in [-0.3, -0.25) is 9.69 Å². The van der Waals surface area contributed by atoms with E-state index in [9.17, 15) is 4.79 Å². The van der Waals surface area contributed by atoms with Gasteiger partial charge in [0.1, 0.15) is 0 Å². The minimum absolute atomic E-state index is 0.0216. The van der Waals surface area contributed by atoms with Gasteiger partial charge in [-0.25, -0.2) is 4.68 Å². The number of hydrogen-bond donors (Lipinski definition) is 0. The Morgan fingerprint density at radius 1 is 1.12 bits per heavy atom. The SMILES string of the molecule is CC1CCN(C(=O)c2cc(OCCCN3CCN(c4cccc5sccc45)CC3)n(C)n2)CC1. The number of carbonyl (C=O) groups excluding carboxylic acids is 1. The lowest BCUT2D eigenvalue weighted by Gasteiger charge is -2.36. The molecule has 4 heterocycles. The minimum Gasteiger partial charge on any atom is -0.478 e. The average Bonchev–Trinajstić information content (AvgIpc) is 3.49. The smallest absolute Gasteiger partial charge is 0.274 e. The highest BCUT2D eigenvalue weighted by Gasteiger charge is 2.24. The highest BCUT2D eigenvalue weighted by Crippen LogP contribution is 2.31. The molecule has 0 aliphatic carbocycles. The van der Waals surface area contributed by atoms with Gasteiger partial charge in [0.25, 0.3) is 5.91 Å². The number of piperazine rings is 1. The molecule has 1 aromatic carbocycles. The third kappa shape index (κ3) is 5.08. The maximum atomic E-state index is 12.8. The Balaban J connectivity index is 1.06. The van der Waals surface area contributed by atoms with Crippen LogP contribution >= 0.6 is 11.3 Å². The molecule has 2 aromatic heterocycles. The highest BCUT2D eigenvalue weighted by atomic mass is 32.1. The lowest BCUT2D eigenvalue weighted by molar-refractivity contribution is 0.0690. The second-order valence-electron chi connectivity index (χ2n) is 9.61. The van der Waals surface area contributed by atoms with Gasteiger partial charge in [0, 0.05) is 74.7 Å². The van der Waals surface area contributed by atoms with E-state index in [2.05, 4.69) is 51.5 Å². The van der Waals surface area contributed by atoms with Gasteiger partial charge in [0.2, 0.25) is 5.88 Å². The molecular formula is C26H35N5O2S. The summed E-state index contributed by atoms with van der Waals surface area (Å²) in [5.74, 6) is 1.39. The van der Waals surface area contributed by atoms with Gasteiger partial charge in [-0.2, -0.15) is 5.10 Å². The Bertz CT molecular complexity index is 1110. The van der Waals surface area contributed by atoms with Crippen molar-refractivity contribution in [2.75, 3.05) is 57.3 Å². The van der Waals surface area contributed by atoms with Gasteiger partial charge in [-0.15, -0.1) is 11.3 Å². The van der Waals surface area contributed by atoms with Gasteiger partial charge >= 0.3 is 0 Å². The number of fused-ring (bicyclic) bond motifs is 1. The normalized spacial score (nSPS) is 18.1. The van der Waals surface area contributed by atoms with E-state index < -0.39 is 0 Å². The molecule has 2 aliphatic heterocycles. The first-order chi connectivity index (χ1) is 16.6. The maximum Gasteiger partial charge on any atom is 0.274 e. The summed E-state index contributed by atoms with van der Waals surface area (Å²) in [5.41, 5.74) is 1.85. The standard InChI is InChI=1S/C26H35N5O2S/c1-20-7-11-31(12-8-20)26(32)22-19-25(28(2)27-22)33-17-4-10-29-13-15-30(16-14-29)23-5-3-6-24-21(23)9-18-34-24/h3,5-6,9,18-20H,4,7-8,10-17H2,1-2H3. The molecule has 182 valence electrons. The maximum absolute atomic E-state index is 12.8. The molecule has 1 amide bonds. The Labute approximate surface area is 205 Å². The van der Waals surface area contributed by atoms with Crippen molar-refractivity contribution in [1.82, 2.24) is 19.6 Å². The summed E-state index contributed by atoms with van der Waals surface area (Å²) in [7, 11) is 1.84. The molecule has 5 rings (SSSR count). The number of aromatic nitrogens is 2. The molecule has 0 spiro atoms. The van der Waals surface area contributed by atoms with Crippen molar-refractivity contribution in [2.24, 2.45) is 13.0 Å². The zero-order valence-electron chi connectivity index (χ0n) is 20.3. The lowest BCUT2D eigenvalue weighted by Crippen LogP contribution is -2.46. The third-order valence-electron chi connectivity index (χ3n) is 7.18. The van der Waals surface area contributed by atoms with Crippen molar-refractivity contribution in [3.63, 3.8) is 0 Å². The van der Waals surface area contributed by atoms with Gasteiger partial charge in [0.15, 0.2) is 5.69 Å². The zero-order chi connectivity index (χ0) is 23.5. The topological polar surface area (TPSA) is 53.8 Å². The van der Waals surface area contributed by atoms with Crippen molar-refractivity contribution >= 4 is 33.0 Å². The van der Waals surface area contributed by atoms with Gasteiger partial charge < -0.3 is 14.5 Å². The van der Waals surface area contributed by atoms with Crippen molar-refractivity contribution < 1.29 is 9.53 Å². The molecular weight excluding hydrogens is 446 g/mol. The van der Waals surface area contributed by atoms with Crippen LogP contribution in [0.2, 0.25) is 0 Å². The fourth-order valence-corrected chi connectivity index (χ4v) is 5.80. The first kappa shape index (κ1) is 23.2. The van der Waals surface area contributed by atoms with E-state index in [1.54, 1.807) is 10.7 Å². The summed E-state index contributed by atoms with van der Waals surface area (Å²) < 4.78 is 9.03. The number of amides is 1. The molecule has 0 atom stereocenters. The molecule has 0 N–H and O–H groups in total. The number of ether oxygens (including phenoxy) is 1. The second kappa shape index (κ2) is 10.4. The summed E-state index contributed by atoms with van der Waals surface area (Å²) in [6.45, 7) is 9.79. The van der Waals surface area contributed by atoms with E-state index >= 15 is 0 Å². The van der Waals surface area contributed by atoms with E-state index in [4.69, 9.17) is 4.74 Å². The molecule has 0 unspecified atom stereocenters. The molecule has 0 bridgehead atoms. The average molecular weight is 482 g/mol. The third-order valence-corrected chi connectivity index (χ3v) is 8.06. The van der Waals surface area contributed by atoms with Crippen LogP contribution in [0.15, 0.2) is 35.7 Å². The largest absolute Gasteiger partial charge is 0.478 e. The molecule has 8 heteroatoms. The number of aryl methyl sites for hydroxylation is 1. The molecule has 2 fully saturated rings. The number of anilines is 1. The van der Waals surface area contributed by atoms with Crippen molar-refractivity contribution in [2.45, 2.75) is 26.2 Å². The summed E-state index contributed by atoms with van der Waals surface area (Å²) in [4.78, 5) is 19.7. The van der Waals surface area contributed by atoms with Gasteiger partial charge in [-0.1, -0.05) is 13.0 Å². The Morgan fingerprint density at radius 3 is 2.71 bits per heavy atom. The van der Waals surface area contributed by atoms with E-state index in [0.29, 0.717) is 24.1 Å². The monoisotopic (exact) mass is 481 g/mol. The highest BCUT2D eigenvalue weighted by molar-refractivity contribution is 7.17. The molecule has 3 aromatic rings. The van der Waals surface area contributed by atoms with E-state index in [1.807, 2.05) is 23.3 Å². The van der Waals surface area contributed by atoms with Crippen molar-refractivity contribution in [3.05, 3.63) is 41.4 Å². The zero-order valence-corrected chi connectivity index (χ0v) is 21.1. The van der Waals surface area contributed by atoms with E-state index in [-0.39, 0.29) is 5.91 Å². The van der Waals surface area contributed by atoms with Crippen LogP contribution in [-0.2, 0) is 7.05 Å². The number of likely N-dealkylation sites (tertiary alicyclic amines) is 1. The minimum atomic E-state index is 0.0216. The summed E-state index contributed by atoms with van der Waals surface area (Å²) in [6.07, 6.45) is 3.10. The predicted molar refractivity (Wildman–Crippen MR) is 138 cm³/mol. The fourth-order valence-electron chi connectivity index (χ4n) is 4.99. The van der Waals surface area contributed by atoms with Gasteiger partial charge in [0.05, 0.1) is 6.61 Å². The Morgan fingerprint density at radius 2 is 1.91 bits per heavy atom. The molecule has 2 saturated heterocycles. The fraction of sp³-hybridized carbons (Fsp3) is 0.538. The number of hydrogen-bond acceptors (Lipinski definition) is 6. The summed E-state index contributed by atoms with van der Waals surface area (Å²) in [6, 6.07) is 10.7. The Kier molecular flexibility index (Phi) is 7.06. The van der Waals surface area contributed by atoms with Crippen molar-refractivity contribution in [1.29, 1.82) is 0 Å².